The number of hydrogen-bond acceptors (Lipinski definition) is 5. The van der Waals surface area contributed by atoms with Gasteiger partial charge in [0.15, 0.2) is 5.78 Å². The number of ketones is 1. The molecule has 1 aromatic heterocycles. The van der Waals surface area contributed by atoms with E-state index in [1.807, 2.05) is 32.9 Å². The molecule has 1 saturated carbocycles. The van der Waals surface area contributed by atoms with Crippen LogP contribution in [0.3, 0.4) is 0 Å². The maximum absolute atomic E-state index is 12.6. The molecule has 0 saturated heterocycles. The number of nitrogens with one attached hydrogen (secondary N) is 1. The van der Waals surface area contributed by atoms with Crippen molar-refractivity contribution in [3.8, 4) is 0 Å². The Bertz CT molecular complexity index is 622. The SMILES string of the molecule is CC(C)(C)OC(=O)NCCCCC(=O)c1cccnc1SC1CCCCC1. The molecule has 1 amide bonds. The summed E-state index contributed by atoms with van der Waals surface area (Å²) in [6.07, 6.45) is 9.61. The first-order chi connectivity index (χ1) is 12.8. The number of carbonyl (C=O) groups is 2. The summed E-state index contributed by atoms with van der Waals surface area (Å²) in [6.45, 7) is 6.02. The highest BCUT2D eigenvalue weighted by molar-refractivity contribution is 7.99. The Balaban J connectivity index is 1.75. The molecule has 2 rings (SSSR count). The smallest absolute Gasteiger partial charge is 0.407 e. The average molecular weight is 393 g/mol. The standard InChI is InChI=1S/C21H32N2O3S/c1-21(2,3)26-20(25)23-14-8-7-13-18(24)17-12-9-15-22-19(17)27-16-10-5-4-6-11-16/h9,12,15-16H,4-8,10-11,13-14H2,1-3H3,(H,23,25). The number of nitrogens with zero attached hydrogens (tertiary/aromatic N) is 1. The van der Waals surface area contributed by atoms with Gasteiger partial charge < -0.3 is 10.1 Å². The molecular formula is C21H32N2O3S. The Morgan fingerprint density at radius 1 is 1.22 bits per heavy atom. The fourth-order valence-electron chi connectivity index (χ4n) is 3.09. The van der Waals surface area contributed by atoms with Crippen LogP contribution in [0.4, 0.5) is 4.79 Å². The van der Waals surface area contributed by atoms with Gasteiger partial charge in [-0.25, -0.2) is 9.78 Å². The van der Waals surface area contributed by atoms with Crippen LogP contribution in [-0.4, -0.2) is 34.3 Å². The van der Waals surface area contributed by atoms with Crippen molar-refractivity contribution in [3.63, 3.8) is 0 Å². The molecule has 0 aromatic carbocycles. The lowest BCUT2D eigenvalue weighted by molar-refractivity contribution is 0.0527. The average Bonchev–Trinajstić information content (AvgIpc) is 2.61. The van der Waals surface area contributed by atoms with E-state index in [0.717, 1.165) is 23.4 Å². The lowest BCUT2D eigenvalue weighted by atomic mass is 10.0. The number of rotatable bonds is 8. The van der Waals surface area contributed by atoms with Crippen LogP contribution in [0.2, 0.25) is 0 Å². The van der Waals surface area contributed by atoms with Crippen LogP contribution in [0.1, 0.15) is 82.5 Å². The normalized spacial score (nSPS) is 15.4. The van der Waals surface area contributed by atoms with Crippen LogP contribution in [-0.2, 0) is 4.74 Å². The monoisotopic (exact) mass is 392 g/mol. The van der Waals surface area contributed by atoms with Crippen molar-refractivity contribution in [2.24, 2.45) is 0 Å². The third-order valence-electron chi connectivity index (χ3n) is 4.40. The van der Waals surface area contributed by atoms with Gasteiger partial charge >= 0.3 is 6.09 Å². The van der Waals surface area contributed by atoms with Gasteiger partial charge in [0.1, 0.15) is 10.6 Å². The summed E-state index contributed by atoms with van der Waals surface area (Å²) in [6, 6.07) is 3.72. The molecule has 0 radical (unpaired) electrons. The second kappa shape index (κ2) is 10.7. The highest BCUT2D eigenvalue weighted by Gasteiger charge is 2.19. The number of hydrogen-bond donors (Lipinski definition) is 1. The second-order valence-electron chi connectivity index (χ2n) is 8.04. The minimum absolute atomic E-state index is 0.138. The van der Waals surface area contributed by atoms with Gasteiger partial charge in [-0.3, -0.25) is 4.79 Å². The number of pyridine rings is 1. The van der Waals surface area contributed by atoms with Gasteiger partial charge in [0, 0.05) is 30.0 Å². The molecule has 1 aliphatic carbocycles. The lowest BCUT2D eigenvalue weighted by Gasteiger charge is -2.21. The number of unbranched alkanes of at least 4 members (excludes halogenated alkanes) is 1. The van der Waals surface area contributed by atoms with Crippen LogP contribution in [0.15, 0.2) is 23.4 Å². The summed E-state index contributed by atoms with van der Waals surface area (Å²) in [7, 11) is 0. The van der Waals surface area contributed by atoms with E-state index in [2.05, 4.69) is 10.3 Å². The molecule has 150 valence electrons. The van der Waals surface area contributed by atoms with E-state index in [9.17, 15) is 9.59 Å². The fourth-order valence-corrected chi connectivity index (χ4v) is 4.40. The predicted octanol–water partition coefficient (Wildman–Crippen LogP) is 5.38. The first-order valence-corrected chi connectivity index (χ1v) is 10.8. The van der Waals surface area contributed by atoms with Crippen LogP contribution < -0.4 is 5.32 Å². The van der Waals surface area contributed by atoms with E-state index >= 15 is 0 Å². The molecule has 1 heterocycles. The third kappa shape index (κ3) is 8.33. The third-order valence-corrected chi connectivity index (χ3v) is 5.75. The highest BCUT2D eigenvalue weighted by atomic mass is 32.2. The van der Waals surface area contributed by atoms with E-state index in [1.54, 1.807) is 18.0 Å². The van der Waals surface area contributed by atoms with Gasteiger partial charge in [-0.05, 0) is 58.6 Å². The van der Waals surface area contributed by atoms with Gasteiger partial charge in [0.25, 0.3) is 0 Å². The van der Waals surface area contributed by atoms with Crippen molar-refractivity contribution in [2.75, 3.05) is 6.54 Å². The van der Waals surface area contributed by atoms with Crippen molar-refractivity contribution >= 4 is 23.6 Å². The van der Waals surface area contributed by atoms with Gasteiger partial charge in [-0.1, -0.05) is 19.3 Å². The Morgan fingerprint density at radius 3 is 2.67 bits per heavy atom. The molecule has 27 heavy (non-hydrogen) atoms. The number of carbonyl (C=O) groups excluding carboxylic acids is 2. The van der Waals surface area contributed by atoms with Gasteiger partial charge in [0.2, 0.25) is 0 Å². The molecule has 0 atom stereocenters. The molecule has 0 bridgehead atoms. The van der Waals surface area contributed by atoms with E-state index in [0.29, 0.717) is 18.2 Å². The van der Waals surface area contributed by atoms with Crippen molar-refractivity contribution in [1.29, 1.82) is 0 Å². The maximum Gasteiger partial charge on any atom is 0.407 e. The molecule has 5 nitrogen and oxygen atoms in total. The molecule has 0 aliphatic heterocycles. The largest absolute Gasteiger partial charge is 0.444 e. The Hall–Kier alpha value is -1.56. The van der Waals surface area contributed by atoms with E-state index in [4.69, 9.17) is 4.74 Å². The summed E-state index contributed by atoms with van der Waals surface area (Å²) in [4.78, 5) is 28.7. The van der Waals surface area contributed by atoms with Gasteiger partial charge in [-0.2, -0.15) is 0 Å². The van der Waals surface area contributed by atoms with Crippen LogP contribution in [0.25, 0.3) is 0 Å². The van der Waals surface area contributed by atoms with E-state index in [1.165, 1.54) is 32.1 Å². The van der Waals surface area contributed by atoms with Crippen molar-refractivity contribution in [2.45, 2.75) is 88.0 Å². The number of amides is 1. The Labute approximate surface area is 167 Å². The summed E-state index contributed by atoms with van der Waals surface area (Å²) < 4.78 is 5.19. The summed E-state index contributed by atoms with van der Waals surface area (Å²) in [5, 5.41) is 4.19. The molecule has 1 aliphatic rings. The van der Waals surface area contributed by atoms with Crippen LogP contribution in [0.5, 0.6) is 0 Å². The van der Waals surface area contributed by atoms with Gasteiger partial charge in [0.05, 0.1) is 0 Å². The molecule has 1 N–H and O–H groups in total. The number of Topliss-reactive ketones (excluding diaryl/α,β-unsaturated/α-hetero) is 1. The first kappa shape index (κ1) is 21.7. The van der Waals surface area contributed by atoms with E-state index in [-0.39, 0.29) is 5.78 Å². The minimum atomic E-state index is -0.493. The molecule has 1 aromatic rings. The molecule has 0 unspecified atom stereocenters. The van der Waals surface area contributed by atoms with Crippen molar-refractivity contribution < 1.29 is 14.3 Å². The Kier molecular flexibility index (Phi) is 8.61. The Morgan fingerprint density at radius 2 is 1.96 bits per heavy atom. The zero-order valence-corrected chi connectivity index (χ0v) is 17.6. The summed E-state index contributed by atoms with van der Waals surface area (Å²) in [5.41, 5.74) is 0.250. The quantitative estimate of drug-likeness (QED) is 0.475. The molecule has 6 heteroatoms. The lowest BCUT2D eigenvalue weighted by Crippen LogP contribution is -2.33. The summed E-state index contributed by atoms with van der Waals surface area (Å²) >= 11 is 1.77. The zero-order chi connectivity index (χ0) is 19.7. The highest BCUT2D eigenvalue weighted by Crippen LogP contribution is 2.34. The maximum atomic E-state index is 12.6. The van der Waals surface area contributed by atoms with Crippen LogP contribution in [0, 0.1) is 0 Å². The van der Waals surface area contributed by atoms with Crippen molar-refractivity contribution in [3.05, 3.63) is 23.9 Å². The molecular weight excluding hydrogens is 360 g/mol. The topological polar surface area (TPSA) is 68.3 Å². The molecule has 0 spiro atoms. The number of aromatic nitrogens is 1. The predicted molar refractivity (Wildman–Crippen MR) is 109 cm³/mol. The number of thioether (sulfide) groups is 1. The van der Waals surface area contributed by atoms with Crippen LogP contribution >= 0.6 is 11.8 Å². The summed E-state index contributed by atoms with van der Waals surface area (Å²) in [5.74, 6) is 0.138. The van der Waals surface area contributed by atoms with E-state index < -0.39 is 11.7 Å². The molecule has 1 fully saturated rings. The van der Waals surface area contributed by atoms with Crippen molar-refractivity contribution in [1.82, 2.24) is 10.3 Å². The number of ether oxygens (including phenoxy) is 1. The first-order valence-electron chi connectivity index (χ1n) is 9.97. The van der Waals surface area contributed by atoms with Gasteiger partial charge in [-0.15, -0.1) is 11.8 Å². The second-order valence-corrected chi connectivity index (χ2v) is 9.33. The number of alkyl carbamates (subject to hydrolysis) is 1. The minimum Gasteiger partial charge on any atom is -0.444 e. The fraction of sp³-hybridized carbons (Fsp3) is 0.667. The zero-order valence-electron chi connectivity index (χ0n) is 16.8.